The number of thiophene rings is 1. The molecule has 25 heavy (non-hydrogen) atoms. The molecule has 2 amide bonds. The van der Waals surface area contributed by atoms with Gasteiger partial charge in [-0.2, -0.15) is 0 Å². The molecule has 0 bridgehead atoms. The van der Waals surface area contributed by atoms with Gasteiger partial charge in [-0.25, -0.2) is 9.18 Å². The Morgan fingerprint density at radius 1 is 1.20 bits per heavy atom. The third-order valence-electron chi connectivity index (χ3n) is 4.50. The minimum atomic E-state index is -0.244. The van der Waals surface area contributed by atoms with Crippen LogP contribution in [-0.2, 0) is 6.42 Å². The number of hydrogen-bond acceptors (Lipinski definition) is 3. The predicted octanol–water partition coefficient (Wildman–Crippen LogP) is 3.57. The maximum Gasteiger partial charge on any atom is 0.314 e. The van der Waals surface area contributed by atoms with Gasteiger partial charge in [0, 0.05) is 18.0 Å². The van der Waals surface area contributed by atoms with E-state index >= 15 is 0 Å². The highest BCUT2D eigenvalue weighted by atomic mass is 32.1. The summed E-state index contributed by atoms with van der Waals surface area (Å²) in [6, 6.07) is 10.7. The lowest BCUT2D eigenvalue weighted by atomic mass is 10.1. The number of carbonyl (C=O) groups is 1. The highest BCUT2D eigenvalue weighted by molar-refractivity contribution is 7.10. The first kappa shape index (κ1) is 17.9. The van der Waals surface area contributed by atoms with Gasteiger partial charge in [0.2, 0.25) is 0 Å². The molecule has 0 aliphatic carbocycles. The van der Waals surface area contributed by atoms with Crippen LogP contribution in [-0.4, -0.2) is 37.1 Å². The Morgan fingerprint density at radius 3 is 2.76 bits per heavy atom. The lowest BCUT2D eigenvalue weighted by Gasteiger charge is -2.26. The largest absolute Gasteiger partial charge is 0.338 e. The average molecular weight is 361 g/mol. The molecular weight excluding hydrogens is 337 g/mol. The molecular formula is C19H24FN3OS. The number of nitrogens with zero attached hydrogens (tertiary/aromatic N) is 1. The third kappa shape index (κ3) is 5.28. The number of likely N-dealkylation sites (tertiary alicyclic amines) is 1. The van der Waals surface area contributed by atoms with Gasteiger partial charge in [-0.1, -0.05) is 18.2 Å². The van der Waals surface area contributed by atoms with Crippen molar-refractivity contribution in [3.8, 4) is 0 Å². The number of urea groups is 1. The van der Waals surface area contributed by atoms with E-state index in [0.717, 1.165) is 18.7 Å². The molecule has 6 heteroatoms. The molecule has 134 valence electrons. The second-order valence-electron chi connectivity index (χ2n) is 6.29. The fourth-order valence-electron chi connectivity index (χ4n) is 3.21. The van der Waals surface area contributed by atoms with Crippen LogP contribution in [0.4, 0.5) is 9.18 Å². The van der Waals surface area contributed by atoms with Crippen LogP contribution in [0.1, 0.15) is 29.3 Å². The second-order valence-corrected chi connectivity index (χ2v) is 7.27. The molecule has 2 N–H and O–H groups in total. The Labute approximate surface area is 152 Å². The van der Waals surface area contributed by atoms with Gasteiger partial charge in [0.25, 0.3) is 0 Å². The van der Waals surface area contributed by atoms with E-state index in [1.54, 1.807) is 17.4 Å². The number of amides is 2. The number of rotatable bonds is 7. The summed E-state index contributed by atoms with van der Waals surface area (Å²) in [4.78, 5) is 15.8. The smallest absolute Gasteiger partial charge is 0.314 e. The molecule has 0 saturated carbocycles. The van der Waals surface area contributed by atoms with E-state index in [-0.39, 0.29) is 17.9 Å². The van der Waals surface area contributed by atoms with E-state index < -0.39 is 0 Å². The SMILES string of the molecule is O=C(NCCc1cccc(F)c1)NCC(c1cccs1)N1CCCC1. The topological polar surface area (TPSA) is 44.4 Å². The quantitative estimate of drug-likeness (QED) is 0.792. The third-order valence-corrected chi connectivity index (χ3v) is 5.47. The van der Waals surface area contributed by atoms with Crippen molar-refractivity contribution < 1.29 is 9.18 Å². The Bertz CT molecular complexity index is 671. The molecule has 1 aromatic carbocycles. The lowest BCUT2D eigenvalue weighted by Crippen LogP contribution is -2.41. The highest BCUT2D eigenvalue weighted by Gasteiger charge is 2.24. The first-order valence-electron chi connectivity index (χ1n) is 8.76. The number of hydrogen-bond donors (Lipinski definition) is 2. The number of carbonyl (C=O) groups excluding carboxylic acids is 1. The standard InChI is InChI=1S/C19H24FN3OS/c20-16-6-3-5-15(13-16)8-9-21-19(24)22-14-17(18-7-4-12-25-18)23-10-1-2-11-23/h3-7,12-13,17H,1-2,8-11,14H2,(H2,21,22,24). The molecule has 1 aromatic heterocycles. The molecule has 1 atom stereocenters. The van der Waals surface area contributed by atoms with Crippen LogP contribution in [0.5, 0.6) is 0 Å². The zero-order valence-corrected chi connectivity index (χ0v) is 15.0. The van der Waals surface area contributed by atoms with Crippen LogP contribution in [0.3, 0.4) is 0 Å². The molecule has 2 aromatic rings. The molecule has 4 nitrogen and oxygen atoms in total. The number of halogens is 1. The van der Waals surface area contributed by atoms with E-state index in [1.165, 1.54) is 29.9 Å². The summed E-state index contributed by atoms with van der Waals surface area (Å²) < 4.78 is 13.1. The maximum atomic E-state index is 13.1. The predicted molar refractivity (Wildman–Crippen MR) is 99.4 cm³/mol. The summed E-state index contributed by atoms with van der Waals surface area (Å²) in [5.41, 5.74) is 0.883. The molecule has 1 aliphatic rings. The average Bonchev–Trinajstić information content (AvgIpc) is 3.29. The van der Waals surface area contributed by atoms with Crippen molar-refractivity contribution in [3.05, 3.63) is 58.0 Å². The van der Waals surface area contributed by atoms with Crippen LogP contribution in [0.2, 0.25) is 0 Å². The zero-order chi connectivity index (χ0) is 17.5. The Morgan fingerprint density at radius 2 is 2.04 bits per heavy atom. The summed E-state index contributed by atoms with van der Waals surface area (Å²) in [5, 5.41) is 7.92. The molecule has 0 radical (unpaired) electrons. The van der Waals surface area contributed by atoms with E-state index in [0.29, 0.717) is 19.5 Å². The Kier molecular flexibility index (Phi) is 6.42. The van der Waals surface area contributed by atoms with Crippen LogP contribution in [0, 0.1) is 5.82 Å². The van der Waals surface area contributed by atoms with Gasteiger partial charge in [0.1, 0.15) is 5.82 Å². The molecule has 1 saturated heterocycles. The van der Waals surface area contributed by atoms with Gasteiger partial charge < -0.3 is 10.6 Å². The van der Waals surface area contributed by atoms with Crippen molar-refractivity contribution in [1.29, 1.82) is 0 Å². The van der Waals surface area contributed by atoms with Gasteiger partial charge in [0.05, 0.1) is 6.04 Å². The van der Waals surface area contributed by atoms with Gasteiger partial charge in [-0.15, -0.1) is 11.3 Å². The summed E-state index contributed by atoms with van der Waals surface area (Å²) in [6.45, 7) is 3.27. The normalized spacial score (nSPS) is 15.9. The Balaban J connectivity index is 1.45. The van der Waals surface area contributed by atoms with Gasteiger partial charge in [-0.05, 0) is 61.5 Å². The highest BCUT2D eigenvalue weighted by Crippen LogP contribution is 2.27. The second kappa shape index (κ2) is 8.97. The number of nitrogens with one attached hydrogen (secondary N) is 2. The lowest BCUT2D eigenvalue weighted by molar-refractivity contribution is 0.222. The van der Waals surface area contributed by atoms with Gasteiger partial charge >= 0.3 is 6.03 Å². The van der Waals surface area contributed by atoms with Crippen molar-refractivity contribution >= 4 is 17.4 Å². The summed E-state index contributed by atoms with van der Waals surface area (Å²) in [5.74, 6) is -0.244. The first-order chi connectivity index (χ1) is 12.2. The fraction of sp³-hybridized carbons (Fsp3) is 0.421. The van der Waals surface area contributed by atoms with Crippen LogP contribution < -0.4 is 10.6 Å². The van der Waals surface area contributed by atoms with Gasteiger partial charge in [-0.3, -0.25) is 4.90 Å². The monoisotopic (exact) mass is 361 g/mol. The van der Waals surface area contributed by atoms with Crippen molar-refractivity contribution in [2.45, 2.75) is 25.3 Å². The minimum absolute atomic E-state index is 0.169. The van der Waals surface area contributed by atoms with E-state index in [4.69, 9.17) is 0 Å². The van der Waals surface area contributed by atoms with Crippen LogP contribution in [0.15, 0.2) is 41.8 Å². The molecule has 1 fully saturated rings. The fourth-order valence-corrected chi connectivity index (χ4v) is 4.07. The minimum Gasteiger partial charge on any atom is -0.338 e. The Hall–Kier alpha value is -1.92. The van der Waals surface area contributed by atoms with Crippen molar-refractivity contribution in [2.24, 2.45) is 0 Å². The number of benzene rings is 1. The molecule has 3 rings (SSSR count). The van der Waals surface area contributed by atoms with Crippen LogP contribution >= 0.6 is 11.3 Å². The summed E-state index contributed by atoms with van der Waals surface area (Å²) in [6.07, 6.45) is 3.06. The summed E-state index contributed by atoms with van der Waals surface area (Å²) in [7, 11) is 0. The maximum absolute atomic E-state index is 13.1. The van der Waals surface area contributed by atoms with Gasteiger partial charge in [0.15, 0.2) is 0 Å². The van der Waals surface area contributed by atoms with E-state index in [9.17, 15) is 9.18 Å². The van der Waals surface area contributed by atoms with E-state index in [2.05, 4.69) is 33.0 Å². The summed E-state index contributed by atoms with van der Waals surface area (Å²) >= 11 is 1.74. The van der Waals surface area contributed by atoms with Crippen molar-refractivity contribution in [1.82, 2.24) is 15.5 Å². The van der Waals surface area contributed by atoms with Crippen molar-refractivity contribution in [3.63, 3.8) is 0 Å². The van der Waals surface area contributed by atoms with Crippen LogP contribution in [0.25, 0.3) is 0 Å². The van der Waals surface area contributed by atoms with E-state index in [1.807, 2.05) is 6.07 Å². The van der Waals surface area contributed by atoms with Crippen molar-refractivity contribution in [2.75, 3.05) is 26.2 Å². The molecule has 1 unspecified atom stereocenters. The molecule has 1 aliphatic heterocycles. The zero-order valence-electron chi connectivity index (χ0n) is 14.2. The molecule has 0 spiro atoms. The first-order valence-corrected chi connectivity index (χ1v) is 9.64. The molecule has 2 heterocycles.